The van der Waals surface area contributed by atoms with Gasteiger partial charge < -0.3 is 5.32 Å². The van der Waals surface area contributed by atoms with E-state index in [1.54, 1.807) is 12.1 Å². The van der Waals surface area contributed by atoms with Gasteiger partial charge in [0.15, 0.2) is 5.82 Å². The van der Waals surface area contributed by atoms with E-state index >= 15 is 0 Å². The van der Waals surface area contributed by atoms with Crippen molar-refractivity contribution in [3.05, 3.63) is 40.1 Å². The van der Waals surface area contributed by atoms with E-state index in [-0.39, 0.29) is 5.02 Å². The maximum Gasteiger partial charge on any atom is 0.152 e. The predicted octanol–water partition coefficient (Wildman–Crippen LogP) is 3.71. The van der Waals surface area contributed by atoms with Gasteiger partial charge in [0.05, 0.1) is 10.7 Å². The summed E-state index contributed by atoms with van der Waals surface area (Å²) < 4.78 is 13.8. The van der Waals surface area contributed by atoms with Crippen LogP contribution in [0.2, 0.25) is 5.02 Å². The molecular weight excluding hydrogens is 259 g/mol. The van der Waals surface area contributed by atoms with Crippen LogP contribution >= 0.6 is 22.9 Å². The van der Waals surface area contributed by atoms with Crippen molar-refractivity contribution in [2.24, 2.45) is 0 Å². The zero-order valence-electron chi connectivity index (χ0n) is 9.34. The fourth-order valence-electron chi connectivity index (χ4n) is 1.43. The highest BCUT2D eigenvalue weighted by molar-refractivity contribution is 7.13. The number of halogens is 2. The van der Waals surface area contributed by atoms with E-state index in [0.717, 1.165) is 12.2 Å². The van der Waals surface area contributed by atoms with Crippen molar-refractivity contribution in [2.75, 3.05) is 6.54 Å². The van der Waals surface area contributed by atoms with Crippen LogP contribution < -0.4 is 5.32 Å². The van der Waals surface area contributed by atoms with Crippen LogP contribution in [0.4, 0.5) is 4.39 Å². The standard InChI is InChI=1S/C12H12ClFN2S/c1-2-15-6-8-7-17-12(16-8)9-4-3-5-10(13)11(9)14/h3-5,7,15H,2,6H2,1H3. The normalized spacial score (nSPS) is 10.8. The fraction of sp³-hybridized carbons (Fsp3) is 0.250. The highest BCUT2D eigenvalue weighted by atomic mass is 35.5. The molecule has 0 fully saturated rings. The van der Waals surface area contributed by atoms with E-state index in [2.05, 4.69) is 10.3 Å². The molecule has 2 rings (SSSR count). The maximum atomic E-state index is 13.8. The van der Waals surface area contributed by atoms with Gasteiger partial charge >= 0.3 is 0 Å². The number of nitrogens with one attached hydrogen (secondary N) is 1. The van der Waals surface area contributed by atoms with Gasteiger partial charge in [0, 0.05) is 17.5 Å². The first-order chi connectivity index (χ1) is 8.22. The van der Waals surface area contributed by atoms with E-state index < -0.39 is 5.82 Å². The number of thiazole rings is 1. The second-order valence-corrected chi connectivity index (χ2v) is 4.79. The first-order valence-corrected chi connectivity index (χ1v) is 6.57. The van der Waals surface area contributed by atoms with Crippen LogP contribution in [0.15, 0.2) is 23.6 Å². The Hall–Kier alpha value is -0.970. The summed E-state index contributed by atoms with van der Waals surface area (Å²) in [6.07, 6.45) is 0. The Morgan fingerprint density at radius 3 is 3.06 bits per heavy atom. The Morgan fingerprint density at radius 1 is 1.47 bits per heavy atom. The van der Waals surface area contributed by atoms with E-state index in [1.807, 2.05) is 12.3 Å². The van der Waals surface area contributed by atoms with Gasteiger partial charge in [0.1, 0.15) is 5.01 Å². The summed E-state index contributed by atoms with van der Waals surface area (Å²) in [5, 5.41) is 5.90. The SMILES string of the molecule is CCNCc1csc(-c2cccc(Cl)c2F)n1. The van der Waals surface area contributed by atoms with Gasteiger partial charge in [-0.2, -0.15) is 0 Å². The summed E-state index contributed by atoms with van der Waals surface area (Å²) >= 11 is 7.17. The molecule has 2 nitrogen and oxygen atoms in total. The molecule has 17 heavy (non-hydrogen) atoms. The molecule has 1 N–H and O–H groups in total. The van der Waals surface area contributed by atoms with Crippen LogP contribution in [0.25, 0.3) is 10.6 Å². The largest absolute Gasteiger partial charge is 0.311 e. The minimum atomic E-state index is -0.404. The average Bonchev–Trinajstić information content (AvgIpc) is 2.78. The fourth-order valence-corrected chi connectivity index (χ4v) is 2.45. The van der Waals surface area contributed by atoms with Gasteiger partial charge in [-0.25, -0.2) is 9.37 Å². The highest BCUT2D eigenvalue weighted by Crippen LogP contribution is 2.29. The maximum absolute atomic E-state index is 13.8. The molecule has 2 aromatic rings. The average molecular weight is 271 g/mol. The number of benzene rings is 1. The minimum Gasteiger partial charge on any atom is -0.311 e. The second-order valence-electron chi connectivity index (χ2n) is 3.53. The second kappa shape index (κ2) is 5.58. The monoisotopic (exact) mass is 270 g/mol. The van der Waals surface area contributed by atoms with Crippen molar-refractivity contribution >= 4 is 22.9 Å². The molecule has 0 saturated heterocycles. The van der Waals surface area contributed by atoms with Crippen LogP contribution in [0.3, 0.4) is 0 Å². The van der Waals surface area contributed by atoms with Crippen LogP contribution in [0.5, 0.6) is 0 Å². The van der Waals surface area contributed by atoms with Gasteiger partial charge in [-0.1, -0.05) is 24.6 Å². The van der Waals surface area contributed by atoms with Crippen molar-refractivity contribution in [3.8, 4) is 10.6 Å². The predicted molar refractivity (Wildman–Crippen MR) is 69.9 cm³/mol. The van der Waals surface area contributed by atoms with Crippen molar-refractivity contribution in [1.82, 2.24) is 10.3 Å². The quantitative estimate of drug-likeness (QED) is 0.916. The van der Waals surface area contributed by atoms with E-state index in [0.29, 0.717) is 17.1 Å². The molecule has 0 aliphatic carbocycles. The van der Waals surface area contributed by atoms with Crippen LogP contribution in [-0.2, 0) is 6.54 Å². The molecule has 1 heterocycles. The Morgan fingerprint density at radius 2 is 2.29 bits per heavy atom. The molecule has 0 spiro atoms. The molecule has 5 heteroatoms. The summed E-state index contributed by atoms with van der Waals surface area (Å²) in [7, 11) is 0. The summed E-state index contributed by atoms with van der Waals surface area (Å²) in [5.74, 6) is -0.404. The highest BCUT2D eigenvalue weighted by Gasteiger charge is 2.11. The molecule has 0 aliphatic rings. The third-order valence-corrected chi connectivity index (χ3v) is 3.51. The van der Waals surface area contributed by atoms with Crippen molar-refractivity contribution in [3.63, 3.8) is 0 Å². The number of aromatic nitrogens is 1. The molecular formula is C12H12ClFN2S. The van der Waals surface area contributed by atoms with Crippen LogP contribution in [0.1, 0.15) is 12.6 Å². The molecule has 0 bridgehead atoms. The molecule has 0 saturated carbocycles. The lowest BCUT2D eigenvalue weighted by molar-refractivity contribution is 0.631. The summed E-state index contributed by atoms with van der Waals surface area (Å²) in [6, 6.07) is 4.96. The molecule has 0 radical (unpaired) electrons. The van der Waals surface area contributed by atoms with Gasteiger partial charge in [-0.15, -0.1) is 11.3 Å². The number of rotatable bonds is 4. The van der Waals surface area contributed by atoms with Crippen molar-refractivity contribution in [2.45, 2.75) is 13.5 Å². The molecule has 90 valence electrons. The Balaban J connectivity index is 2.27. The minimum absolute atomic E-state index is 0.130. The van der Waals surface area contributed by atoms with Gasteiger partial charge in [-0.3, -0.25) is 0 Å². The third-order valence-electron chi connectivity index (χ3n) is 2.29. The first kappa shape index (κ1) is 12.5. The molecule has 1 aromatic heterocycles. The van der Waals surface area contributed by atoms with Crippen LogP contribution in [-0.4, -0.2) is 11.5 Å². The zero-order chi connectivity index (χ0) is 12.3. The molecule has 0 aliphatic heterocycles. The zero-order valence-corrected chi connectivity index (χ0v) is 10.9. The lowest BCUT2D eigenvalue weighted by Gasteiger charge is -2.00. The smallest absolute Gasteiger partial charge is 0.152 e. The summed E-state index contributed by atoms with van der Waals surface area (Å²) in [4.78, 5) is 4.38. The molecule has 0 amide bonds. The first-order valence-electron chi connectivity index (χ1n) is 5.32. The number of hydrogen-bond acceptors (Lipinski definition) is 3. The van der Waals surface area contributed by atoms with Crippen LogP contribution in [0, 0.1) is 5.82 Å². The Bertz CT molecular complexity index is 513. The lowest BCUT2D eigenvalue weighted by Crippen LogP contribution is -2.11. The van der Waals surface area contributed by atoms with E-state index in [9.17, 15) is 4.39 Å². The Kier molecular flexibility index (Phi) is 4.10. The topological polar surface area (TPSA) is 24.9 Å². The van der Waals surface area contributed by atoms with E-state index in [1.165, 1.54) is 17.4 Å². The van der Waals surface area contributed by atoms with Crippen molar-refractivity contribution < 1.29 is 4.39 Å². The van der Waals surface area contributed by atoms with Gasteiger partial charge in [0.25, 0.3) is 0 Å². The molecule has 0 unspecified atom stereocenters. The number of nitrogens with zero attached hydrogens (tertiary/aromatic N) is 1. The third kappa shape index (κ3) is 2.83. The molecule has 1 aromatic carbocycles. The summed E-state index contributed by atoms with van der Waals surface area (Å²) in [5.41, 5.74) is 1.39. The summed E-state index contributed by atoms with van der Waals surface area (Å²) in [6.45, 7) is 3.62. The van der Waals surface area contributed by atoms with Gasteiger partial charge in [-0.05, 0) is 18.7 Å². The van der Waals surface area contributed by atoms with Gasteiger partial charge in [0.2, 0.25) is 0 Å². The lowest BCUT2D eigenvalue weighted by atomic mass is 10.2. The Labute approximate surface area is 108 Å². The number of hydrogen-bond donors (Lipinski definition) is 1. The van der Waals surface area contributed by atoms with Crippen molar-refractivity contribution in [1.29, 1.82) is 0 Å². The van der Waals surface area contributed by atoms with E-state index in [4.69, 9.17) is 11.6 Å². The molecule has 0 atom stereocenters.